The number of hydrogen-bond acceptors (Lipinski definition) is 5. The van der Waals surface area contributed by atoms with Gasteiger partial charge in [0.2, 0.25) is 5.91 Å². The first-order chi connectivity index (χ1) is 13.7. The average Bonchev–Trinajstić information content (AvgIpc) is 3.10. The summed E-state index contributed by atoms with van der Waals surface area (Å²) < 4.78 is 11.4. The third-order valence-corrected chi connectivity index (χ3v) is 4.95. The van der Waals surface area contributed by atoms with Gasteiger partial charge in [-0.3, -0.25) is 4.79 Å². The van der Waals surface area contributed by atoms with Crippen LogP contribution in [-0.2, 0) is 11.2 Å². The first-order valence-electron chi connectivity index (χ1n) is 9.48. The molecule has 0 aliphatic carbocycles. The molecule has 1 amide bonds. The highest BCUT2D eigenvalue weighted by Gasteiger charge is 2.11. The second-order valence-electron chi connectivity index (χ2n) is 6.21. The van der Waals surface area contributed by atoms with Gasteiger partial charge in [-0.2, -0.15) is 0 Å². The number of amides is 1. The van der Waals surface area contributed by atoms with Gasteiger partial charge in [-0.15, -0.1) is 35.3 Å². The molecule has 0 bridgehead atoms. The highest BCUT2D eigenvalue weighted by molar-refractivity contribution is 14.0. The first kappa shape index (κ1) is 23.3. The molecule has 9 heteroatoms. The SMILES string of the molecule is CCNC(=O)CN=C(NCCc1cccs1)Nc1ccc2c(c1)OCCCO2.I. The number of benzene rings is 1. The van der Waals surface area contributed by atoms with Crippen molar-refractivity contribution < 1.29 is 14.3 Å². The van der Waals surface area contributed by atoms with Crippen molar-refractivity contribution in [3.8, 4) is 11.5 Å². The number of nitrogens with one attached hydrogen (secondary N) is 3. The molecule has 2 aromatic rings. The number of nitrogens with zero attached hydrogens (tertiary/aromatic N) is 1. The van der Waals surface area contributed by atoms with E-state index in [2.05, 4.69) is 32.4 Å². The number of likely N-dealkylation sites (N-methyl/N-ethyl adjacent to an activating group) is 1. The lowest BCUT2D eigenvalue weighted by Gasteiger charge is -2.14. The Balaban J connectivity index is 0.00000300. The van der Waals surface area contributed by atoms with E-state index in [1.807, 2.05) is 31.2 Å². The molecular formula is C20H27IN4O3S. The van der Waals surface area contributed by atoms with Crippen molar-refractivity contribution in [3.63, 3.8) is 0 Å². The highest BCUT2D eigenvalue weighted by Crippen LogP contribution is 2.32. The van der Waals surface area contributed by atoms with Crippen LogP contribution >= 0.6 is 35.3 Å². The minimum atomic E-state index is -0.111. The second-order valence-corrected chi connectivity index (χ2v) is 7.24. The molecule has 29 heavy (non-hydrogen) atoms. The number of thiophene rings is 1. The zero-order valence-corrected chi connectivity index (χ0v) is 19.5. The van der Waals surface area contributed by atoms with Gasteiger partial charge in [-0.25, -0.2) is 4.99 Å². The van der Waals surface area contributed by atoms with E-state index in [9.17, 15) is 4.79 Å². The number of guanidine groups is 1. The normalized spacial score (nSPS) is 13.1. The summed E-state index contributed by atoms with van der Waals surface area (Å²) in [5.74, 6) is 1.90. The van der Waals surface area contributed by atoms with Gasteiger partial charge in [0.1, 0.15) is 6.54 Å². The van der Waals surface area contributed by atoms with Gasteiger partial charge < -0.3 is 25.4 Å². The molecule has 0 saturated heterocycles. The van der Waals surface area contributed by atoms with Gasteiger partial charge in [-0.05, 0) is 36.9 Å². The number of carbonyl (C=O) groups excluding carboxylic acids is 1. The standard InChI is InChI=1S/C20H26N4O3S.HI/c1-2-21-19(25)14-23-20(22-9-8-16-5-3-12-28-16)24-15-6-7-17-18(13-15)27-11-4-10-26-17;/h3,5-7,12-13H,2,4,8-11,14H2,1H3,(H,21,25)(H2,22,23,24);1H. The third kappa shape index (κ3) is 7.73. The van der Waals surface area contributed by atoms with Crippen molar-refractivity contribution in [2.24, 2.45) is 4.99 Å². The maximum absolute atomic E-state index is 11.8. The van der Waals surface area contributed by atoms with E-state index >= 15 is 0 Å². The highest BCUT2D eigenvalue weighted by atomic mass is 127. The summed E-state index contributed by atoms with van der Waals surface area (Å²) in [5.41, 5.74) is 0.822. The van der Waals surface area contributed by atoms with Gasteiger partial charge in [-0.1, -0.05) is 6.07 Å². The molecule has 0 atom stereocenters. The molecule has 0 saturated carbocycles. The van der Waals surface area contributed by atoms with Crippen LogP contribution in [0.4, 0.5) is 5.69 Å². The van der Waals surface area contributed by atoms with Crippen molar-refractivity contribution in [1.29, 1.82) is 0 Å². The first-order valence-corrected chi connectivity index (χ1v) is 10.4. The van der Waals surface area contributed by atoms with Gasteiger partial charge in [0.15, 0.2) is 17.5 Å². The van der Waals surface area contributed by atoms with Crippen LogP contribution in [0, 0.1) is 0 Å². The summed E-state index contributed by atoms with van der Waals surface area (Å²) in [6, 6.07) is 9.84. The largest absolute Gasteiger partial charge is 0.490 e. The second kappa shape index (κ2) is 12.5. The van der Waals surface area contributed by atoms with E-state index in [4.69, 9.17) is 9.47 Å². The zero-order chi connectivity index (χ0) is 19.6. The fourth-order valence-electron chi connectivity index (χ4n) is 2.68. The Kier molecular flexibility index (Phi) is 10.1. The fourth-order valence-corrected chi connectivity index (χ4v) is 3.39. The number of rotatable bonds is 7. The Hall–Kier alpha value is -2.01. The molecular weight excluding hydrogens is 503 g/mol. The molecule has 1 aliphatic heterocycles. The molecule has 0 fully saturated rings. The lowest BCUT2D eigenvalue weighted by Crippen LogP contribution is -2.34. The summed E-state index contributed by atoms with van der Waals surface area (Å²) in [6.45, 7) is 4.54. The topological polar surface area (TPSA) is 84.0 Å². The predicted molar refractivity (Wildman–Crippen MR) is 128 cm³/mol. The van der Waals surface area contributed by atoms with Crippen LogP contribution in [-0.4, -0.2) is 44.7 Å². The quantitative estimate of drug-likeness (QED) is 0.291. The van der Waals surface area contributed by atoms with E-state index in [-0.39, 0.29) is 36.4 Å². The van der Waals surface area contributed by atoms with E-state index in [1.54, 1.807) is 11.3 Å². The van der Waals surface area contributed by atoms with Crippen molar-refractivity contribution in [2.75, 3.05) is 38.2 Å². The fraction of sp³-hybridized carbons (Fsp3) is 0.400. The molecule has 3 rings (SSSR count). The maximum atomic E-state index is 11.8. The van der Waals surface area contributed by atoms with Crippen LogP contribution in [0.2, 0.25) is 0 Å². The van der Waals surface area contributed by atoms with E-state index in [0.717, 1.165) is 24.3 Å². The molecule has 0 unspecified atom stereocenters. The Morgan fingerprint density at radius 2 is 2.00 bits per heavy atom. The van der Waals surface area contributed by atoms with Crippen LogP contribution in [0.3, 0.4) is 0 Å². The summed E-state index contributed by atoms with van der Waals surface area (Å²) >= 11 is 1.73. The third-order valence-electron chi connectivity index (χ3n) is 4.01. The molecule has 2 heterocycles. The van der Waals surface area contributed by atoms with Crippen molar-refractivity contribution in [3.05, 3.63) is 40.6 Å². The van der Waals surface area contributed by atoms with Crippen molar-refractivity contribution in [1.82, 2.24) is 10.6 Å². The van der Waals surface area contributed by atoms with Crippen LogP contribution in [0.1, 0.15) is 18.2 Å². The lowest BCUT2D eigenvalue weighted by atomic mass is 10.2. The summed E-state index contributed by atoms with van der Waals surface area (Å²) in [7, 11) is 0. The Labute approximate surface area is 192 Å². The molecule has 7 nitrogen and oxygen atoms in total. The number of halogens is 1. The maximum Gasteiger partial charge on any atom is 0.241 e. The van der Waals surface area contributed by atoms with Crippen molar-refractivity contribution in [2.45, 2.75) is 19.8 Å². The van der Waals surface area contributed by atoms with Gasteiger partial charge in [0.25, 0.3) is 0 Å². The molecule has 3 N–H and O–H groups in total. The lowest BCUT2D eigenvalue weighted by molar-refractivity contribution is -0.119. The number of ether oxygens (including phenoxy) is 2. The van der Waals surface area contributed by atoms with Crippen LogP contribution in [0.15, 0.2) is 40.7 Å². The van der Waals surface area contributed by atoms with E-state index < -0.39 is 0 Å². The Bertz CT molecular complexity index is 799. The predicted octanol–water partition coefficient (Wildman–Crippen LogP) is 3.26. The van der Waals surface area contributed by atoms with Gasteiger partial charge in [0.05, 0.1) is 13.2 Å². The zero-order valence-electron chi connectivity index (χ0n) is 16.4. The average molecular weight is 530 g/mol. The summed E-state index contributed by atoms with van der Waals surface area (Å²) in [5, 5.41) is 11.4. The van der Waals surface area contributed by atoms with E-state index in [1.165, 1.54) is 4.88 Å². The van der Waals surface area contributed by atoms with Gasteiger partial charge in [0, 0.05) is 36.1 Å². The Morgan fingerprint density at radius 1 is 1.17 bits per heavy atom. The number of hydrogen-bond donors (Lipinski definition) is 3. The van der Waals surface area contributed by atoms with Crippen LogP contribution < -0.4 is 25.4 Å². The summed E-state index contributed by atoms with van der Waals surface area (Å²) in [4.78, 5) is 17.5. The summed E-state index contributed by atoms with van der Waals surface area (Å²) in [6.07, 6.45) is 1.75. The van der Waals surface area contributed by atoms with Crippen LogP contribution in [0.25, 0.3) is 0 Å². The van der Waals surface area contributed by atoms with Crippen LogP contribution in [0.5, 0.6) is 11.5 Å². The minimum absolute atomic E-state index is 0. The number of anilines is 1. The van der Waals surface area contributed by atoms with Gasteiger partial charge >= 0.3 is 0 Å². The number of fused-ring (bicyclic) bond motifs is 1. The number of aliphatic imine (C=N–C) groups is 1. The smallest absolute Gasteiger partial charge is 0.241 e. The molecule has 1 aromatic heterocycles. The van der Waals surface area contributed by atoms with E-state index in [0.29, 0.717) is 38.0 Å². The number of carbonyl (C=O) groups is 1. The molecule has 0 spiro atoms. The molecule has 1 aliphatic rings. The monoisotopic (exact) mass is 530 g/mol. The molecule has 0 radical (unpaired) electrons. The minimum Gasteiger partial charge on any atom is -0.490 e. The van der Waals surface area contributed by atoms with Crippen molar-refractivity contribution >= 4 is 52.9 Å². The molecule has 1 aromatic carbocycles. The molecule has 158 valence electrons. The Morgan fingerprint density at radius 3 is 2.76 bits per heavy atom.